The number of rotatable bonds is 5. The highest BCUT2D eigenvalue weighted by atomic mass is 19.1. The zero-order valence-corrected chi connectivity index (χ0v) is 6.56. The Labute approximate surface area is 64.9 Å². The molecule has 0 aliphatic carbocycles. The summed E-state index contributed by atoms with van der Waals surface area (Å²) < 4.78 is 30.5. The van der Waals surface area contributed by atoms with Gasteiger partial charge >= 0.3 is 0 Å². The molecule has 0 rings (SSSR count). The van der Waals surface area contributed by atoms with E-state index in [2.05, 4.69) is 4.74 Å². The van der Waals surface area contributed by atoms with Crippen LogP contribution in [-0.4, -0.2) is 45.6 Å². The summed E-state index contributed by atoms with van der Waals surface area (Å²) in [4.78, 5) is 0. The molecule has 0 unspecified atom stereocenters. The topological polar surface area (TPSA) is 38.7 Å². The molecule has 0 heterocycles. The van der Waals surface area contributed by atoms with Gasteiger partial charge in [0.1, 0.15) is 6.67 Å². The number of aliphatic hydroxyl groups is 1. The maximum absolute atomic E-state index is 11.3. The average molecular weight is 172 g/mol. The highest BCUT2D eigenvalue weighted by molar-refractivity contribution is 4.26. The van der Waals surface area contributed by atoms with Crippen LogP contribution in [0, 0.1) is 0 Å². The predicted octanol–water partition coefficient (Wildman–Crippen LogP) is 0.525. The van der Waals surface area contributed by atoms with Gasteiger partial charge in [0.05, 0.1) is 19.8 Å². The number of methoxy groups -OCH3 is 1. The van der Waals surface area contributed by atoms with Gasteiger partial charge in [-0.05, 0) is 0 Å². The zero-order chi connectivity index (χ0) is 8.95. The Bertz CT molecular complexity index is 49.1. The Morgan fingerprint density at radius 3 is 2.09 bits per heavy atom. The van der Waals surface area contributed by atoms with E-state index < -0.39 is 13.5 Å². The van der Waals surface area contributed by atoms with Crippen molar-refractivity contribution < 1.29 is 23.4 Å². The van der Waals surface area contributed by atoms with Crippen LogP contribution in [0.15, 0.2) is 0 Å². The molecule has 0 amide bonds. The van der Waals surface area contributed by atoms with Crippen LogP contribution in [0.1, 0.15) is 0 Å². The lowest BCUT2D eigenvalue weighted by molar-refractivity contribution is 0.0636. The second kappa shape index (κ2) is 16.4. The minimum absolute atomic E-state index is 0.184. The second-order valence-corrected chi connectivity index (χ2v) is 1.41. The summed E-state index contributed by atoms with van der Waals surface area (Å²) in [6.07, 6.45) is 0. The summed E-state index contributed by atoms with van der Waals surface area (Å²) in [5, 5.41) is 6.90. The Morgan fingerprint density at radius 2 is 1.73 bits per heavy atom. The van der Waals surface area contributed by atoms with Crippen LogP contribution in [0.25, 0.3) is 0 Å². The first-order valence-electron chi connectivity index (χ1n) is 3.13. The quantitative estimate of drug-likeness (QED) is 0.614. The Kier molecular flexibility index (Phi) is 19.9. The number of alkyl halides is 2. The van der Waals surface area contributed by atoms with Crippen LogP contribution in [0.2, 0.25) is 0 Å². The zero-order valence-electron chi connectivity index (χ0n) is 6.56. The van der Waals surface area contributed by atoms with E-state index >= 15 is 0 Å². The van der Waals surface area contributed by atoms with E-state index in [9.17, 15) is 8.78 Å². The molecule has 0 aromatic carbocycles. The first-order chi connectivity index (χ1) is 5.33. The van der Waals surface area contributed by atoms with Crippen molar-refractivity contribution in [2.24, 2.45) is 0 Å². The smallest absolute Gasteiger partial charge is 0.185 e. The van der Waals surface area contributed by atoms with Crippen molar-refractivity contribution in [1.82, 2.24) is 0 Å². The van der Waals surface area contributed by atoms with Crippen LogP contribution in [0.4, 0.5) is 8.78 Å². The van der Waals surface area contributed by atoms with Crippen LogP contribution in [-0.2, 0) is 9.47 Å². The molecule has 0 fully saturated rings. The van der Waals surface area contributed by atoms with Gasteiger partial charge in [0.15, 0.2) is 6.86 Å². The number of ether oxygens (including phenoxy) is 2. The summed E-state index contributed by atoms with van der Waals surface area (Å²) in [5.41, 5.74) is 0. The van der Waals surface area contributed by atoms with Crippen molar-refractivity contribution in [3.63, 3.8) is 0 Å². The van der Waals surface area contributed by atoms with E-state index in [0.29, 0.717) is 13.2 Å². The third-order valence-electron chi connectivity index (χ3n) is 0.653. The SMILES string of the molecule is COCCOCCF.OCF. The minimum atomic E-state index is -1.25. The minimum Gasteiger partial charge on any atom is -0.382 e. The van der Waals surface area contributed by atoms with Crippen molar-refractivity contribution >= 4 is 0 Å². The van der Waals surface area contributed by atoms with Crippen molar-refractivity contribution in [2.45, 2.75) is 0 Å². The molecule has 0 saturated carbocycles. The van der Waals surface area contributed by atoms with Crippen molar-refractivity contribution in [3.05, 3.63) is 0 Å². The molecule has 0 aliphatic heterocycles. The van der Waals surface area contributed by atoms with E-state index in [4.69, 9.17) is 9.84 Å². The summed E-state index contributed by atoms with van der Waals surface area (Å²) in [7, 11) is 1.58. The van der Waals surface area contributed by atoms with Gasteiger partial charge in [-0.25, -0.2) is 8.78 Å². The predicted molar refractivity (Wildman–Crippen MR) is 36.9 cm³/mol. The molecular weight excluding hydrogens is 158 g/mol. The molecular formula is C6H14F2O3. The van der Waals surface area contributed by atoms with Crippen LogP contribution >= 0.6 is 0 Å². The molecule has 0 radical (unpaired) electrons. The Morgan fingerprint density at radius 1 is 1.18 bits per heavy atom. The van der Waals surface area contributed by atoms with Crippen LogP contribution in [0.3, 0.4) is 0 Å². The highest BCUT2D eigenvalue weighted by Crippen LogP contribution is 1.75. The molecule has 0 saturated heterocycles. The molecule has 1 N–H and O–H groups in total. The van der Waals surface area contributed by atoms with Crippen molar-refractivity contribution in [3.8, 4) is 0 Å². The molecule has 0 aliphatic rings. The van der Waals surface area contributed by atoms with Crippen LogP contribution in [0.5, 0.6) is 0 Å². The van der Waals surface area contributed by atoms with Gasteiger partial charge < -0.3 is 14.6 Å². The fourth-order valence-corrected chi connectivity index (χ4v) is 0.299. The average Bonchev–Trinajstić information content (AvgIpc) is 2.00. The lowest BCUT2D eigenvalue weighted by Gasteiger charge is -1.97. The van der Waals surface area contributed by atoms with Gasteiger partial charge in [-0.3, -0.25) is 0 Å². The van der Waals surface area contributed by atoms with Gasteiger partial charge in [0.25, 0.3) is 0 Å². The molecule has 0 bridgehead atoms. The number of aliphatic hydroxyl groups excluding tert-OH is 1. The van der Waals surface area contributed by atoms with E-state index in [1.165, 1.54) is 0 Å². The Hall–Kier alpha value is -0.260. The van der Waals surface area contributed by atoms with Crippen LogP contribution < -0.4 is 0 Å². The number of hydrogen-bond acceptors (Lipinski definition) is 3. The van der Waals surface area contributed by atoms with Crippen molar-refractivity contribution in [1.29, 1.82) is 0 Å². The largest absolute Gasteiger partial charge is 0.382 e. The fraction of sp³-hybridized carbons (Fsp3) is 1.00. The molecule has 5 heteroatoms. The van der Waals surface area contributed by atoms with E-state index in [-0.39, 0.29) is 6.61 Å². The third-order valence-corrected chi connectivity index (χ3v) is 0.653. The second-order valence-electron chi connectivity index (χ2n) is 1.41. The third kappa shape index (κ3) is 26.0. The highest BCUT2D eigenvalue weighted by Gasteiger charge is 1.83. The molecule has 0 spiro atoms. The maximum Gasteiger partial charge on any atom is 0.185 e. The van der Waals surface area contributed by atoms with E-state index in [1.54, 1.807) is 7.11 Å². The normalized spacial score (nSPS) is 8.73. The standard InChI is InChI=1S/C5H11FO2.CH3FO/c1-7-4-5-8-3-2-6;2-1-3/h2-5H2,1H3;3H,1H2. The van der Waals surface area contributed by atoms with Crippen molar-refractivity contribution in [2.75, 3.05) is 40.5 Å². The van der Waals surface area contributed by atoms with Gasteiger partial charge in [-0.2, -0.15) is 0 Å². The summed E-state index contributed by atoms with van der Waals surface area (Å²) in [5.74, 6) is 0. The maximum atomic E-state index is 11.3. The molecule has 0 aromatic heterocycles. The molecule has 0 atom stereocenters. The molecule has 11 heavy (non-hydrogen) atoms. The van der Waals surface area contributed by atoms with Gasteiger partial charge in [-0.1, -0.05) is 0 Å². The van der Waals surface area contributed by atoms with Gasteiger partial charge in [-0.15, -0.1) is 0 Å². The van der Waals surface area contributed by atoms with E-state index in [0.717, 1.165) is 0 Å². The Balaban J connectivity index is 0. The summed E-state index contributed by atoms with van der Waals surface area (Å²) in [6, 6.07) is 0. The van der Waals surface area contributed by atoms with E-state index in [1.807, 2.05) is 0 Å². The number of hydrogen-bond donors (Lipinski definition) is 1. The fourth-order valence-electron chi connectivity index (χ4n) is 0.299. The lowest BCUT2D eigenvalue weighted by atomic mass is 10.7. The number of halogens is 2. The van der Waals surface area contributed by atoms with Gasteiger partial charge in [0, 0.05) is 7.11 Å². The summed E-state index contributed by atoms with van der Waals surface area (Å²) in [6.45, 7) is -0.451. The summed E-state index contributed by atoms with van der Waals surface area (Å²) >= 11 is 0. The monoisotopic (exact) mass is 172 g/mol. The molecule has 70 valence electrons. The first kappa shape index (κ1) is 13.3. The first-order valence-corrected chi connectivity index (χ1v) is 3.13. The molecule has 0 aromatic rings. The van der Waals surface area contributed by atoms with Gasteiger partial charge in [0.2, 0.25) is 0 Å². The lowest BCUT2D eigenvalue weighted by Crippen LogP contribution is -2.03. The molecule has 3 nitrogen and oxygen atoms in total.